The number of hydrogen-bond donors (Lipinski definition) is 2. The lowest BCUT2D eigenvalue weighted by molar-refractivity contribution is -0.121. The minimum absolute atomic E-state index is 0.0360. The van der Waals surface area contributed by atoms with Crippen LogP contribution in [0.5, 0.6) is 0 Å². The van der Waals surface area contributed by atoms with Crippen LogP contribution < -0.4 is 5.32 Å². The van der Waals surface area contributed by atoms with Crippen LogP contribution in [0.3, 0.4) is 0 Å². The number of benzene rings is 2. The van der Waals surface area contributed by atoms with Gasteiger partial charge < -0.3 is 10.1 Å². The van der Waals surface area contributed by atoms with Crippen LogP contribution in [0, 0.1) is 6.92 Å². The number of carbonyl (C=O) groups excluding carboxylic acids is 1. The fourth-order valence-electron chi connectivity index (χ4n) is 3.58. The van der Waals surface area contributed by atoms with Gasteiger partial charge in [0, 0.05) is 43.4 Å². The Bertz CT molecular complexity index is 987. The van der Waals surface area contributed by atoms with E-state index in [0.717, 1.165) is 49.8 Å². The maximum absolute atomic E-state index is 12.7. The predicted octanol–water partition coefficient (Wildman–Crippen LogP) is 3.45. The number of hydrogen-bond acceptors (Lipinski definition) is 6. The van der Waals surface area contributed by atoms with Crippen LogP contribution >= 0.6 is 11.8 Å². The fraction of sp³-hybridized carbons (Fsp3) is 0.375. The first-order chi connectivity index (χ1) is 15.7. The highest BCUT2D eigenvalue weighted by atomic mass is 32.2. The molecule has 0 bridgehead atoms. The van der Waals surface area contributed by atoms with E-state index in [1.54, 1.807) is 0 Å². The molecule has 2 heterocycles. The number of aromatic amines is 1. The molecule has 168 valence electrons. The van der Waals surface area contributed by atoms with Crippen molar-refractivity contribution >= 4 is 17.7 Å². The molecule has 1 fully saturated rings. The van der Waals surface area contributed by atoms with Crippen molar-refractivity contribution in [2.45, 2.75) is 23.8 Å². The maximum Gasteiger partial charge on any atom is 0.221 e. The van der Waals surface area contributed by atoms with Crippen molar-refractivity contribution < 1.29 is 9.53 Å². The number of H-pyrrole nitrogens is 1. The lowest BCUT2D eigenvalue weighted by Crippen LogP contribution is -2.41. The summed E-state index contributed by atoms with van der Waals surface area (Å²) in [5, 5.41) is 11.0. The maximum atomic E-state index is 12.7. The van der Waals surface area contributed by atoms with E-state index >= 15 is 0 Å². The Balaban J connectivity index is 1.38. The van der Waals surface area contributed by atoms with Gasteiger partial charge in [-0.3, -0.25) is 14.8 Å². The second kappa shape index (κ2) is 11.3. The van der Waals surface area contributed by atoms with Gasteiger partial charge in [0.05, 0.1) is 13.2 Å². The normalized spacial score (nSPS) is 15.4. The fourth-order valence-corrected chi connectivity index (χ4v) is 4.61. The molecule has 1 amide bonds. The van der Waals surface area contributed by atoms with Gasteiger partial charge in [-0.25, -0.2) is 4.98 Å². The molecule has 1 saturated heterocycles. The quantitative estimate of drug-likeness (QED) is 0.485. The number of nitrogens with zero attached hydrogens (tertiary/aromatic N) is 3. The van der Waals surface area contributed by atoms with Gasteiger partial charge in [-0.2, -0.15) is 0 Å². The molecule has 0 spiro atoms. The summed E-state index contributed by atoms with van der Waals surface area (Å²) in [6, 6.07) is 18.2. The first kappa shape index (κ1) is 22.5. The van der Waals surface area contributed by atoms with Gasteiger partial charge in [0.1, 0.15) is 0 Å². The molecule has 0 aliphatic carbocycles. The van der Waals surface area contributed by atoms with E-state index in [1.165, 1.54) is 17.3 Å². The minimum Gasteiger partial charge on any atom is -0.379 e. The zero-order valence-electron chi connectivity index (χ0n) is 18.3. The molecule has 2 aromatic carbocycles. The highest BCUT2D eigenvalue weighted by Gasteiger charge is 2.20. The Morgan fingerprint density at radius 3 is 2.66 bits per heavy atom. The number of thioether (sulfide) groups is 1. The van der Waals surface area contributed by atoms with Crippen LogP contribution in [0.1, 0.15) is 22.8 Å². The van der Waals surface area contributed by atoms with Gasteiger partial charge in [-0.1, -0.05) is 71.9 Å². The highest BCUT2D eigenvalue weighted by molar-refractivity contribution is 7.99. The number of morpholine rings is 1. The summed E-state index contributed by atoms with van der Waals surface area (Å²) < 4.78 is 5.37. The monoisotopic (exact) mass is 451 g/mol. The number of carbonyl (C=O) groups is 1. The van der Waals surface area contributed by atoms with Crippen LogP contribution in [0.15, 0.2) is 59.8 Å². The van der Waals surface area contributed by atoms with Gasteiger partial charge in [-0.15, -0.1) is 5.10 Å². The van der Waals surface area contributed by atoms with E-state index in [-0.39, 0.29) is 11.2 Å². The average Bonchev–Trinajstić information content (AvgIpc) is 3.29. The first-order valence-corrected chi connectivity index (χ1v) is 11.8. The molecular formula is C24H29N5O2S. The zero-order valence-corrected chi connectivity index (χ0v) is 19.1. The van der Waals surface area contributed by atoms with Crippen molar-refractivity contribution in [2.75, 3.05) is 39.4 Å². The highest BCUT2D eigenvalue weighted by Crippen LogP contribution is 2.36. The topological polar surface area (TPSA) is 83.1 Å². The summed E-state index contributed by atoms with van der Waals surface area (Å²) in [5.74, 6) is 0.767. The Morgan fingerprint density at radius 2 is 1.91 bits per heavy atom. The molecule has 1 aliphatic rings. The van der Waals surface area contributed by atoms with E-state index in [0.29, 0.717) is 18.1 Å². The molecule has 0 saturated carbocycles. The second-order valence-corrected chi connectivity index (χ2v) is 9.03. The van der Waals surface area contributed by atoms with E-state index in [4.69, 9.17) is 4.74 Å². The van der Waals surface area contributed by atoms with E-state index in [9.17, 15) is 4.79 Å². The number of aromatic nitrogens is 3. The molecule has 7 nitrogen and oxygen atoms in total. The molecule has 1 atom stereocenters. The summed E-state index contributed by atoms with van der Waals surface area (Å²) in [4.78, 5) is 19.7. The largest absolute Gasteiger partial charge is 0.379 e. The Morgan fingerprint density at radius 1 is 1.16 bits per heavy atom. The number of ether oxygens (including phenoxy) is 1. The van der Waals surface area contributed by atoms with Gasteiger partial charge in [0.2, 0.25) is 11.1 Å². The number of nitrogens with one attached hydrogen (secondary N) is 2. The van der Waals surface area contributed by atoms with Crippen molar-refractivity contribution in [3.8, 4) is 11.4 Å². The Labute approximate surface area is 193 Å². The third-order valence-electron chi connectivity index (χ3n) is 5.43. The van der Waals surface area contributed by atoms with Gasteiger partial charge in [0.25, 0.3) is 0 Å². The molecule has 8 heteroatoms. The van der Waals surface area contributed by atoms with Crippen LogP contribution in [0.2, 0.25) is 0 Å². The van der Waals surface area contributed by atoms with Gasteiger partial charge in [-0.05, 0) is 12.5 Å². The third kappa shape index (κ3) is 6.41. The number of amides is 1. The van der Waals surface area contributed by atoms with Crippen LogP contribution in [0.25, 0.3) is 11.4 Å². The van der Waals surface area contributed by atoms with Crippen molar-refractivity contribution in [1.29, 1.82) is 0 Å². The molecule has 1 aromatic heterocycles. The van der Waals surface area contributed by atoms with E-state index in [1.807, 2.05) is 42.5 Å². The van der Waals surface area contributed by atoms with Crippen LogP contribution in [-0.2, 0) is 9.53 Å². The lowest BCUT2D eigenvalue weighted by atomic mass is 10.1. The predicted molar refractivity (Wildman–Crippen MR) is 126 cm³/mol. The summed E-state index contributed by atoms with van der Waals surface area (Å²) in [5.41, 5.74) is 3.28. The molecule has 3 aromatic rings. The van der Waals surface area contributed by atoms with E-state index < -0.39 is 0 Å². The standard InChI is InChI=1S/C24H29N5O2S/c1-18-7-9-20(10-8-18)23-26-24(28-27-23)32-21(19-5-3-2-4-6-19)17-22(30)25-11-12-29-13-15-31-16-14-29/h2-10,21H,11-17H2,1H3,(H,25,30)(H,26,27,28)/t21-/m0/s1. The zero-order chi connectivity index (χ0) is 22.2. The molecular weight excluding hydrogens is 422 g/mol. The van der Waals surface area contributed by atoms with Crippen molar-refractivity contribution in [3.05, 3.63) is 65.7 Å². The molecule has 2 N–H and O–H groups in total. The van der Waals surface area contributed by atoms with Gasteiger partial charge >= 0.3 is 0 Å². The second-order valence-electron chi connectivity index (χ2n) is 7.86. The van der Waals surface area contributed by atoms with E-state index in [2.05, 4.69) is 44.5 Å². The molecule has 4 rings (SSSR count). The van der Waals surface area contributed by atoms with Gasteiger partial charge in [0.15, 0.2) is 5.82 Å². The summed E-state index contributed by atoms with van der Waals surface area (Å²) in [6.07, 6.45) is 0.367. The van der Waals surface area contributed by atoms with Crippen molar-refractivity contribution in [1.82, 2.24) is 25.4 Å². The molecule has 32 heavy (non-hydrogen) atoms. The minimum atomic E-state index is -0.0683. The summed E-state index contributed by atoms with van der Waals surface area (Å²) >= 11 is 1.51. The first-order valence-electron chi connectivity index (χ1n) is 11.0. The number of aryl methyl sites for hydroxylation is 1. The molecule has 1 aliphatic heterocycles. The van der Waals surface area contributed by atoms with Crippen molar-refractivity contribution in [2.24, 2.45) is 0 Å². The molecule has 0 radical (unpaired) electrons. The smallest absolute Gasteiger partial charge is 0.221 e. The Kier molecular flexibility index (Phi) is 7.92. The number of rotatable bonds is 9. The third-order valence-corrected chi connectivity index (χ3v) is 6.55. The SMILES string of the molecule is Cc1ccc(-c2nc(S[C@@H](CC(=O)NCCN3CCOCC3)c3ccccc3)n[nH]2)cc1. The average molecular weight is 452 g/mol. The molecule has 0 unspecified atom stereocenters. The lowest BCUT2D eigenvalue weighted by Gasteiger charge is -2.26. The van der Waals surface area contributed by atoms with Crippen molar-refractivity contribution in [3.63, 3.8) is 0 Å². The summed E-state index contributed by atoms with van der Waals surface area (Å²) in [6.45, 7) is 6.92. The van der Waals surface area contributed by atoms with Crippen LogP contribution in [0.4, 0.5) is 0 Å². The summed E-state index contributed by atoms with van der Waals surface area (Å²) in [7, 11) is 0. The van der Waals surface area contributed by atoms with Crippen LogP contribution in [-0.4, -0.2) is 65.4 Å². The Hall–Kier alpha value is -2.68.